The van der Waals surface area contributed by atoms with E-state index in [0.29, 0.717) is 11.5 Å². The van der Waals surface area contributed by atoms with Crippen LogP contribution in [-0.2, 0) is 10.0 Å². The van der Waals surface area contributed by atoms with Gasteiger partial charge >= 0.3 is 0 Å². The molecule has 0 aliphatic rings. The monoisotopic (exact) mass is 381 g/mol. The van der Waals surface area contributed by atoms with E-state index in [1.54, 1.807) is 37.4 Å². The molecule has 5 nitrogen and oxygen atoms in total. The molecule has 3 aromatic rings. The Morgan fingerprint density at radius 2 is 1.59 bits per heavy atom. The normalized spacial score (nSPS) is 10.9. The minimum atomic E-state index is -3.62. The van der Waals surface area contributed by atoms with Gasteiger partial charge in [-0.1, -0.05) is 54.3 Å². The molecule has 3 rings (SSSR count). The maximum atomic E-state index is 12.4. The molecule has 0 radical (unpaired) electrons. The van der Waals surface area contributed by atoms with Gasteiger partial charge in [-0.05, 0) is 35.0 Å². The molecule has 0 aliphatic heterocycles. The molecule has 3 aromatic carbocycles. The summed E-state index contributed by atoms with van der Waals surface area (Å²) in [6, 6.07) is 19.9. The van der Waals surface area contributed by atoms with E-state index < -0.39 is 10.0 Å². The first kappa shape index (κ1) is 18.8. The van der Waals surface area contributed by atoms with Crippen LogP contribution in [0.5, 0.6) is 11.5 Å². The molecule has 6 heteroatoms. The van der Waals surface area contributed by atoms with Crippen molar-refractivity contribution in [2.75, 3.05) is 20.3 Å². The lowest BCUT2D eigenvalue weighted by molar-refractivity contribution is 0.331. The summed E-state index contributed by atoms with van der Waals surface area (Å²) in [5.41, 5.74) is 0. The van der Waals surface area contributed by atoms with Crippen molar-refractivity contribution in [3.05, 3.63) is 66.7 Å². The van der Waals surface area contributed by atoms with Crippen LogP contribution in [0.15, 0.2) is 71.6 Å². The SMILES string of the molecule is COc1ccccc1OCC#CCNS(=O)(=O)c1ccc2ccccc2c1. The number of nitrogens with one attached hydrogen (secondary N) is 1. The summed E-state index contributed by atoms with van der Waals surface area (Å²) in [6.07, 6.45) is 0. The van der Waals surface area contributed by atoms with E-state index in [1.165, 1.54) is 0 Å². The highest BCUT2D eigenvalue weighted by atomic mass is 32.2. The van der Waals surface area contributed by atoms with Crippen LogP contribution < -0.4 is 14.2 Å². The van der Waals surface area contributed by atoms with Crippen LogP contribution in [0.2, 0.25) is 0 Å². The van der Waals surface area contributed by atoms with E-state index in [4.69, 9.17) is 9.47 Å². The Morgan fingerprint density at radius 3 is 2.37 bits per heavy atom. The second kappa shape index (κ2) is 8.58. The number of fused-ring (bicyclic) bond motifs is 1. The van der Waals surface area contributed by atoms with Crippen molar-refractivity contribution in [3.8, 4) is 23.3 Å². The van der Waals surface area contributed by atoms with Crippen molar-refractivity contribution in [1.29, 1.82) is 0 Å². The van der Waals surface area contributed by atoms with Crippen LogP contribution >= 0.6 is 0 Å². The molecule has 0 heterocycles. The lowest BCUT2D eigenvalue weighted by Crippen LogP contribution is -2.24. The van der Waals surface area contributed by atoms with Crippen molar-refractivity contribution in [1.82, 2.24) is 4.72 Å². The standard InChI is InChI=1S/C21H19NO4S/c1-25-20-10-4-5-11-21(20)26-15-7-6-14-22-27(23,24)19-13-12-17-8-2-3-9-18(17)16-19/h2-5,8-13,16,22H,14-15H2,1H3. The van der Waals surface area contributed by atoms with Crippen LogP contribution in [0.4, 0.5) is 0 Å². The minimum absolute atomic E-state index is 0.00441. The smallest absolute Gasteiger partial charge is 0.241 e. The van der Waals surface area contributed by atoms with Gasteiger partial charge in [0.1, 0.15) is 6.61 Å². The number of benzene rings is 3. The molecule has 0 saturated heterocycles. The average molecular weight is 381 g/mol. The fraction of sp³-hybridized carbons (Fsp3) is 0.143. The van der Waals surface area contributed by atoms with E-state index in [1.807, 2.05) is 36.4 Å². The summed E-state index contributed by atoms with van der Waals surface area (Å²) in [4.78, 5) is 0.216. The molecule has 0 saturated carbocycles. The Balaban J connectivity index is 1.57. The molecular formula is C21H19NO4S. The molecule has 0 bridgehead atoms. The lowest BCUT2D eigenvalue weighted by Gasteiger charge is -2.07. The number of hydrogen-bond acceptors (Lipinski definition) is 4. The van der Waals surface area contributed by atoms with E-state index in [0.717, 1.165) is 10.8 Å². The zero-order valence-corrected chi connectivity index (χ0v) is 15.6. The third-order valence-electron chi connectivity index (χ3n) is 3.88. The molecule has 0 atom stereocenters. The van der Waals surface area contributed by atoms with Gasteiger partial charge in [0.05, 0.1) is 18.6 Å². The summed E-state index contributed by atoms with van der Waals surface area (Å²) in [7, 11) is -2.05. The van der Waals surface area contributed by atoms with Crippen LogP contribution in [-0.4, -0.2) is 28.7 Å². The van der Waals surface area contributed by atoms with Crippen LogP contribution in [0, 0.1) is 11.8 Å². The lowest BCUT2D eigenvalue weighted by atomic mass is 10.1. The molecule has 0 fully saturated rings. The van der Waals surface area contributed by atoms with Gasteiger partial charge in [-0.2, -0.15) is 4.72 Å². The number of hydrogen-bond donors (Lipinski definition) is 1. The van der Waals surface area contributed by atoms with Gasteiger partial charge in [-0.3, -0.25) is 0 Å². The topological polar surface area (TPSA) is 64.6 Å². The maximum Gasteiger partial charge on any atom is 0.241 e. The summed E-state index contributed by atoms with van der Waals surface area (Å²) >= 11 is 0. The highest BCUT2D eigenvalue weighted by Gasteiger charge is 2.13. The molecular weight excluding hydrogens is 362 g/mol. The summed E-state index contributed by atoms with van der Waals surface area (Å²) in [6.45, 7) is 0.141. The average Bonchev–Trinajstić information content (AvgIpc) is 2.70. The fourth-order valence-corrected chi connectivity index (χ4v) is 3.47. The Hall–Kier alpha value is -3.01. The largest absolute Gasteiger partial charge is 0.493 e. The molecule has 0 unspecified atom stereocenters. The van der Waals surface area contributed by atoms with Crippen LogP contribution in [0.25, 0.3) is 10.8 Å². The van der Waals surface area contributed by atoms with E-state index in [2.05, 4.69) is 16.6 Å². The summed E-state index contributed by atoms with van der Waals surface area (Å²) in [5, 5.41) is 1.86. The number of ether oxygens (including phenoxy) is 2. The van der Waals surface area contributed by atoms with E-state index >= 15 is 0 Å². The molecule has 0 aromatic heterocycles. The second-order valence-electron chi connectivity index (χ2n) is 5.63. The predicted octanol–water partition coefficient (Wildman–Crippen LogP) is 3.21. The Labute approximate surface area is 159 Å². The zero-order valence-electron chi connectivity index (χ0n) is 14.8. The van der Waals surface area contributed by atoms with Crippen molar-refractivity contribution < 1.29 is 17.9 Å². The first-order valence-corrected chi connectivity index (χ1v) is 9.78. The Morgan fingerprint density at radius 1 is 0.889 bits per heavy atom. The van der Waals surface area contributed by atoms with Gasteiger partial charge in [0.25, 0.3) is 0 Å². The van der Waals surface area contributed by atoms with Gasteiger partial charge in [0.15, 0.2) is 11.5 Å². The van der Waals surface area contributed by atoms with Crippen LogP contribution in [0.1, 0.15) is 0 Å². The summed E-state index contributed by atoms with van der Waals surface area (Å²) in [5.74, 6) is 6.74. The first-order valence-electron chi connectivity index (χ1n) is 8.30. The predicted molar refractivity (Wildman–Crippen MR) is 105 cm³/mol. The Kier molecular flexibility index (Phi) is 5.97. The third-order valence-corrected chi connectivity index (χ3v) is 5.27. The molecule has 0 amide bonds. The second-order valence-corrected chi connectivity index (χ2v) is 7.39. The van der Waals surface area contributed by atoms with Crippen molar-refractivity contribution in [2.24, 2.45) is 0 Å². The minimum Gasteiger partial charge on any atom is -0.493 e. The van der Waals surface area contributed by atoms with Crippen molar-refractivity contribution in [3.63, 3.8) is 0 Å². The Bertz CT molecular complexity index is 1100. The number of methoxy groups -OCH3 is 1. The number of rotatable bonds is 6. The van der Waals surface area contributed by atoms with Gasteiger partial charge in [0.2, 0.25) is 10.0 Å². The third kappa shape index (κ3) is 4.79. The zero-order chi connectivity index (χ0) is 19.1. The molecule has 0 aliphatic carbocycles. The number of para-hydroxylation sites is 2. The molecule has 1 N–H and O–H groups in total. The van der Waals surface area contributed by atoms with Gasteiger partial charge < -0.3 is 9.47 Å². The summed E-state index contributed by atoms with van der Waals surface area (Å²) < 4.78 is 38.0. The molecule has 0 spiro atoms. The van der Waals surface area contributed by atoms with Crippen molar-refractivity contribution in [2.45, 2.75) is 4.90 Å². The highest BCUT2D eigenvalue weighted by molar-refractivity contribution is 7.89. The fourth-order valence-electron chi connectivity index (χ4n) is 2.51. The van der Waals surface area contributed by atoms with Gasteiger partial charge in [-0.25, -0.2) is 8.42 Å². The first-order chi connectivity index (χ1) is 13.1. The number of sulfonamides is 1. The quantitative estimate of drug-likeness (QED) is 0.666. The van der Waals surface area contributed by atoms with E-state index in [-0.39, 0.29) is 18.0 Å². The van der Waals surface area contributed by atoms with Crippen LogP contribution in [0.3, 0.4) is 0 Å². The molecule has 27 heavy (non-hydrogen) atoms. The van der Waals surface area contributed by atoms with Gasteiger partial charge in [-0.15, -0.1) is 0 Å². The molecule has 138 valence electrons. The van der Waals surface area contributed by atoms with Crippen molar-refractivity contribution >= 4 is 20.8 Å². The highest BCUT2D eigenvalue weighted by Crippen LogP contribution is 2.25. The van der Waals surface area contributed by atoms with E-state index in [9.17, 15) is 8.42 Å². The maximum absolute atomic E-state index is 12.4. The van der Waals surface area contributed by atoms with Gasteiger partial charge in [0, 0.05) is 0 Å².